The molecule has 1 aromatic heterocycles. The van der Waals surface area contributed by atoms with E-state index in [1.165, 1.54) is 0 Å². The summed E-state index contributed by atoms with van der Waals surface area (Å²) in [4.78, 5) is 9.46. The quantitative estimate of drug-likeness (QED) is 0.714. The fourth-order valence-corrected chi connectivity index (χ4v) is 2.44. The number of hydrogen-bond donors (Lipinski definition) is 0. The largest absolute Gasteiger partial charge is 0.497 e. The predicted molar refractivity (Wildman–Crippen MR) is 95.7 cm³/mol. The topological polar surface area (TPSA) is 44.2 Å². The number of rotatable bonds is 4. The van der Waals surface area contributed by atoms with Crippen molar-refractivity contribution in [3.8, 4) is 11.6 Å². The lowest BCUT2D eigenvalue weighted by Gasteiger charge is -2.22. The molecule has 2 aromatic carbocycles. The number of hydrogen-bond acceptors (Lipinski definition) is 4. The van der Waals surface area contributed by atoms with Crippen LogP contribution in [0, 0.1) is 0 Å². The Kier molecular flexibility index (Phi) is 4.38. The summed E-state index contributed by atoms with van der Waals surface area (Å²) < 4.78 is 11.3. The Morgan fingerprint density at radius 3 is 2.08 bits per heavy atom. The smallest absolute Gasteiger partial charge is 0.237 e. The average Bonchev–Trinajstić information content (AvgIpc) is 2.55. The van der Waals surface area contributed by atoms with Gasteiger partial charge in [-0.2, -0.15) is 0 Å². The first-order valence-electron chi connectivity index (χ1n) is 8.02. The van der Waals surface area contributed by atoms with Crippen molar-refractivity contribution >= 4 is 11.0 Å². The third-order valence-electron chi connectivity index (χ3n) is 3.54. The molecule has 0 saturated heterocycles. The first kappa shape index (κ1) is 16.2. The van der Waals surface area contributed by atoms with Gasteiger partial charge in [0.15, 0.2) is 0 Å². The maximum Gasteiger partial charge on any atom is 0.237 e. The van der Waals surface area contributed by atoms with Crippen molar-refractivity contribution in [3.05, 3.63) is 59.8 Å². The molecule has 1 heterocycles. The Morgan fingerprint density at radius 2 is 1.50 bits per heavy atom. The standard InChI is InChI=1S/C20H22N2O2/c1-20(2,3)24-19-18(13-14-9-11-15(23-4)12-10-14)21-16-7-5-6-8-17(16)22-19/h5-12H,13H2,1-4H3. The highest BCUT2D eigenvalue weighted by atomic mass is 16.5. The van der Waals surface area contributed by atoms with Crippen LogP contribution in [-0.4, -0.2) is 22.7 Å². The molecule has 124 valence electrons. The van der Waals surface area contributed by atoms with E-state index < -0.39 is 0 Å². The molecule has 24 heavy (non-hydrogen) atoms. The van der Waals surface area contributed by atoms with Gasteiger partial charge < -0.3 is 9.47 Å². The summed E-state index contributed by atoms with van der Waals surface area (Å²) in [6.45, 7) is 6.04. The summed E-state index contributed by atoms with van der Waals surface area (Å²) in [6, 6.07) is 15.8. The van der Waals surface area contributed by atoms with Crippen molar-refractivity contribution in [2.75, 3.05) is 7.11 Å². The molecule has 0 amide bonds. The molecule has 0 aliphatic rings. The van der Waals surface area contributed by atoms with E-state index in [1.807, 2.05) is 69.3 Å². The molecule has 0 radical (unpaired) electrons. The Balaban J connectivity index is 2.01. The Morgan fingerprint density at radius 1 is 0.875 bits per heavy atom. The van der Waals surface area contributed by atoms with Crippen LogP contribution in [-0.2, 0) is 6.42 Å². The minimum Gasteiger partial charge on any atom is -0.497 e. The molecular formula is C20H22N2O2. The van der Waals surface area contributed by atoms with Gasteiger partial charge in [0.1, 0.15) is 17.0 Å². The van der Waals surface area contributed by atoms with Gasteiger partial charge in [-0.1, -0.05) is 24.3 Å². The second kappa shape index (κ2) is 6.48. The molecule has 0 aliphatic carbocycles. The zero-order valence-electron chi connectivity index (χ0n) is 14.5. The number of para-hydroxylation sites is 2. The van der Waals surface area contributed by atoms with Crippen molar-refractivity contribution in [1.82, 2.24) is 9.97 Å². The maximum atomic E-state index is 6.06. The first-order chi connectivity index (χ1) is 11.4. The summed E-state index contributed by atoms with van der Waals surface area (Å²) in [5.74, 6) is 1.44. The molecule has 4 heteroatoms. The van der Waals surface area contributed by atoms with Gasteiger partial charge in [-0.15, -0.1) is 0 Å². The Labute approximate surface area is 142 Å². The van der Waals surface area contributed by atoms with Gasteiger partial charge in [-0.3, -0.25) is 0 Å². The molecule has 0 saturated carbocycles. The summed E-state index contributed by atoms with van der Waals surface area (Å²) in [7, 11) is 1.67. The number of ether oxygens (including phenoxy) is 2. The molecule has 0 unspecified atom stereocenters. The van der Waals surface area contributed by atoms with Gasteiger partial charge >= 0.3 is 0 Å². The molecule has 0 spiro atoms. The molecule has 4 nitrogen and oxygen atoms in total. The number of nitrogens with zero attached hydrogens (tertiary/aromatic N) is 2. The van der Waals surface area contributed by atoms with Crippen molar-refractivity contribution in [1.29, 1.82) is 0 Å². The zero-order chi connectivity index (χ0) is 17.2. The van der Waals surface area contributed by atoms with Crippen LogP contribution in [0.1, 0.15) is 32.0 Å². The zero-order valence-corrected chi connectivity index (χ0v) is 14.5. The monoisotopic (exact) mass is 322 g/mol. The van der Waals surface area contributed by atoms with Crippen molar-refractivity contribution in [2.24, 2.45) is 0 Å². The molecule has 0 bridgehead atoms. The van der Waals surface area contributed by atoms with Crippen LogP contribution >= 0.6 is 0 Å². The molecule has 3 rings (SSSR count). The van der Waals surface area contributed by atoms with E-state index in [0.717, 1.165) is 28.0 Å². The van der Waals surface area contributed by atoms with Gasteiger partial charge in [-0.25, -0.2) is 9.97 Å². The fraction of sp³-hybridized carbons (Fsp3) is 0.300. The predicted octanol–water partition coefficient (Wildman–Crippen LogP) is 4.41. The Hall–Kier alpha value is -2.62. The summed E-state index contributed by atoms with van der Waals surface area (Å²) >= 11 is 0. The highest BCUT2D eigenvalue weighted by molar-refractivity contribution is 5.74. The van der Waals surface area contributed by atoms with Crippen LogP contribution < -0.4 is 9.47 Å². The van der Waals surface area contributed by atoms with Gasteiger partial charge in [0.05, 0.1) is 18.1 Å². The normalized spacial score (nSPS) is 11.5. The van der Waals surface area contributed by atoms with Crippen LogP contribution in [0.4, 0.5) is 0 Å². The van der Waals surface area contributed by atoms with Gasteiger partial charge in [0, 0.05) is 6.42 Å². The number of benzene rings is 2. The summed E-state index contributed by atoms with van der Waals surface area (Å²) in [6.07, 6.45) is 0.660. The van der Waals surface area contributed by atoms with E-state index in [0.29, 0.717) is 12.3 Å². The molecule has 0 atom stereocenters. The van der Waals surface area contributed by atoms with E-state index in [9.17, 15) is 0 Å². The average molecular weight is 322 g/mol. The molecular weight excluding hydrogens is 300 g/mol. The van der Waals surface area contributed by atoms with Crippen LogP contribution in [0.3, 0.4) is 0 Å². The first-order valence-corrected chi connectivity index (χ1v) is 8.02. The lowest BCUT2D eigenvalue weighted by molar-refractivity contribution is 0.122. The van der Waals surface area contributed by atoms with E-state index >= 15 is 0 Å². The summed E-state index contributed by atoms with van der Waals surface area (Å²) in [5.41, 5.74) is 3.37. The minimum absolute atomic E-state index is 0.328. The SMILES string of the molecule is COc1ccc(Cc2nc3ccccc3nc2OC(C)(C)C)cc1. The van der Waals surface area contributed by atoms with E-state index in [4.69, 9.17) is 14.5 Å². The van der Waals surface area contributed by atoms with Crippen LogP contribution in [0.15, 0.2) is 48.5 Å². The second-order valence-corrected chi connectivity index (χ2v) is 6.70. The van der Waals surface area contributed by atoms with Crippen LogP contribution in [0.25, 0.3) is 11.0 Å². The molecule has 0 fully saturated rings. The molecule has 0 N–H and O–H groups in total. The fourth-order valence-electron chi connectivity index (χ4n) is 2.44. The van der Waals surface area contributed by atoms with E-state index in [2.05, 4.69) is 4.98 Å². The van der Waals surface area contributed by atoms with Crippen LogP contribution in [0.5, 0.6) is 11.6 Å². The van der Waals surface area contributed by atoms with Crippen molar-refractivity contribution in [2.45, 2.75) is 32.8 Å². The Bertz CT molecular complexity index is 836. The lowest BCUT2D eigenvalue weighted by atomic mass is 10.1. The van der Waals surface area contributed by atoms with Crippen molar-refractivity contribution in [3.63, 3.8) is 0 Å². The highest BCUT2D eigenvalue weighted by Crippen LogP contribution is 2.25. The van der Waals surface area contributed by atoms with Crippen molar-refractivity contribution < 1.29 is 9.47 Å². The maximum absolute atomic E-state index is 6.06. The number of fused-ring (bicyclic) bond motifs is 1. The highest BCUT2D eigenvalue weighted by Gasteiger charge is 2.18. The third kappa shape index (κ3) is 3.82. The third-order valence-corrected chi connectivity index (χ3v) is 3.54. The van der Waals surface area contributed by atoms with Gasteiger partial charge in [-0.05, 0) is 50.6 Å². The molecule has 3 aromatic rings. The van der Waals surface area contributed by atoms with E-state index in [-0.39, 0.29) is 5.60 Å². The molecule has 0 aliphatic heterocycles. The summed E-state index contributed by atoms with van der Waals surface area (Å²) in [5, 5.41) is 0. The van der Waals surface area contributed by atoms with Gasteiger partial charge in [0.2, 0.25) is 5.88 Å². The van der Waals surface area contributed by atoms with Crippen LogP contribution in [0.2, 0.25) is 0 Å². The second-order valence-electron chi connectivity index (χ2n) is 6.70. The minimum atomic E-state index is -0.328. The van der Waals surface area contributed by atoms with Gasteiger partial charge in [0.25, 0.3) is 0 Å². The lowest BCUT2D eigenvalue weighted by Crippen LogP contribution is -2.24. The number of methoxy groups -OCH3 is 1. The number of aromatic nitrogens is 2. The van der Waals surface area contributed by atoms with E-state index in [1.54, 1.807) is 7.11 Å².